The molecule has 0 saturated heterocycles. The molecule has 5 rings (SSSR count). The highest BCUT2D eigenvalue weighted by atomic mass is 16.1. The molecule has 29 heavy (non-hydrogen) atoms. The third-order valence-electron chi connectivity index (χ3n) is 6.07. The van der Waals surface area contributed by atoms with Crippen LogP contribution in [0.25, 0.3) is 10.9 Å². The lowest BCUT2D eigenvalue weighted by Gasteiger charge is -2.26. The molecule has 2 aliphatic carbocycles. The Kier molecular flexibility index (Phi) is 4.66. The highest BCUT2D eigenvalue weighted by Crippen LogP contribution is 2.35. The molecule has 5 nitrogen and oxygen atoms in total. The van der Waals surface area contributed by atoms with E-state index in [1.54, 1.807) is 0 Å². The number of carbonyl (C=O) groups is 1. The lowest BCUT2D eigenvalue weighted by Crippen LogP contribution is -2.32. The largest absolute Gasteiger partial charge is 0.349 e. The summed E-state index contributed by atoms with van der Waals surface area (Å²) in [5.74, 6) is 0.756. The van der Waals surface area contributed by atoms with Crippen LogP contribution in [0.2, 0.25) is 0 Å². The zero-order valence-electron chi connectivity index (χ0n) is 16.4. The fourth-order valence-electron chi connectivity index (χ4n) is 4.47. The van der Waals surface area contributed by atoms with Crippen LogP contribution >= 0.6 is 0 Å². The molecule has 3 aromatic rings. The van der Waals surface area contributed by atoms with E-state index in [1.165, 1.54) is 11.1 Å². The zero-order chi connectivity index (χ0) is 19.8. The molecule has 1 amide bonds. The molecular weight excluding hydrogens is 362 g/mol. The van der Waals surface area contributed by atoms with Crippen LogP contribution in [0.5, 0.6) is 0 Å². The predicted molar refractivity (Wildman–Crippen MR) is 113 cm³/mol. The molecule has 2 aliphatic rings. The van der Waals surface area contributed by atoms with Crippen molar-refractivity contribution >= 4 is 16.8 Å². The molecule has 148 valence electrons. The van der Waals surface area contributed by atoms with Crippen LogP contribution in [0.15, 0.2) is 53.3 Å². The normalized spacial score (nSPS) is 18.4. The first kappa shape index (κ1) is 18.1. The molecule has 0 bridgehead atoms. The van der Waals surface area contributed by atoms with Gasteiger partial charge in [0, 0.05) is 18.9 Å². The van der Waals surface area contributed by atoms with E-state index < -0.39 is 0 Å². The van der Waals surface area contributed by atoms with E-state index in [-0.39, 0.29) is 23.6 Å². The smallest absolute Gasteiger partial charge is 0.261 e. The van der Waals surface area contributed by atoms with Gasteiger partial charge < -0.3 is 5.32 Å². The van der Waals surface area contributed by atoms with Crippen molar-refractivity contribution in [2.24, 2.45) is 0 Å². The number of amides is 1. The lowest BCUT2D eigenvalue weighted by atomic mass is 9.87. The van der Waals surface area contributed by atoms with E-state index in [4.69, 9.17) is 4.98 Å². The first-order valence-corrected chi connectivity index (χ1v) is 10.6. The summed E-state index contributed by atoms with van der Waals surface area (Å²) in [6, 6.07) is 16.2. The number of aryl methyl sites for hydroxylation is 2. The second kappa shape index (κ2) is 7.47. The number of para-hydroxylation sites is 1. The Labute approximate surface area is 169 Å². The molecule has 1 unspecified atom stereocenters. The summed E-state index contributed by atoms with van der Waals surface area (Å²) in [6.45, 7) is 0. The minimum atomic E-state index is 0.0229. The number of carbonyl (C=O) groups excluding carboxylic acids is 1. The van der Waals surface area contributed by atoms with Gasteiger partial charge in [-0.1, -0.05) is 36.4 Å². The maximum absolute atomic E-state index is 13.0. The van der Waals surface area contributed by atoms with Crippen LogP contribution in [0.1, 0.15) is 61.1 Å². The van der Waals surface area contributed by atoms with Crippen molar-refractivity contribution in [1.82, 2.24) is 14.9 Å². The van der Waals surface area contributed by atoms with Crippen LogP contribution < -0.4 is 10.9 Å². The van der Waals surface area contributed by atoms with Crippen molar-refractivity contribution in [2.75, 3.05) is 0 Å². The molecule has 0 aliphatic heterocycles. The maximum atomic E-state index is 13.0. The molecule has 1 heterocycles. The maximum Gasteiger partial charge on any atom is 0.261 e. The van der Waals surface area contributed by atoms with Gasteiger partial charge in [0.1, 0.15) is 5.82 Å². The average Bonchev–Trinajstić information content (AvgIpc) is 3.58. The number of benzene rings is 2. The van der Waals surface area contributed by atoms with E-state index in [0.717, 1.165) is 37.9 Å². The van der Waals surface area contributed by atoms with Gasteiger partial charge in [-0.05, 0) is 55.4 Å². The SMILES string of the molecule is O=C(CCc1nc2ccccc2c(=O)n1C1CC1)NC1CCCc2ccccc21. The van der Waals surface area contributed by atoms with Crippen molar-refractivity contribution in [1.29, 1.82) is 0 Å². The average molecular weight is 387 g/mol. The standard InChI is InChI=1S/C24H25N3O2/c28-23(26-20-11-5-7-16-6-1-2-8-18(16)20)15-14-22-25-21-10-4-3-9-19(21)24(29)27(22)17-12-13-17/h1-4,6,8-10,17,20H,5,7,11-15H2,(H,26,28). The molecule has 2 aromatic carbocycles. The molecule has 1 fully saturated rings. The molecule has 5 heteroatoms. The third-order valence-corrected chi connectivity index (χ3v) is 6.07. The Morgan fingerprint density at radius 1 is 1.07 bits per heavy atom. The summed E-state index contributed by atoms with van der Waals surface area (Å²) >= 11 is 0. The van der Waals surface area contributed by atoms with Crippen LogP contribution in [-0.2, 0) is 17.6 Å². The Bertz CT molecular complexity index is 1130. The summed E-state index contributed by atoms with van der Waals surface area (Å²) in [7, 11) is 0. The number of rotatable bonds is 5. The molecular formula is C24H25N3O2. The summed E-state index contributed by atoms with van der Waals surface area (Å²) in [5, 5.41) is 3.87. The van der Waals surface area contributed by atoms with Crippen molar-refractivity contribution < 1.29 is 4.79 Å². The minimum absolute atomic E-state index is 0.0229. The van der Waals surface area contributed by atoms with Gasteiger partial charge in [0.15, 0.2) is 0 Å². The first-order valence-electron chi connectivity index (χ1n) is 10.6. The fraction of sp³-hybridized carbons (Fsp3) is 0.375. The molecule has 1 atom stereocenters. The van der Waals surface area contributed by atoms with Gasteiger partial charge in [-0.15, -0.1) is 0 Å². The van der Waals surface area contributed by atoms with Crippen molar-refractivity contribution in [3.63, 3.8) is 0 Å². The number of nitrogens with one attached hydrogen (secondary N) is 1. The summed E-state index contributed by atoms with van der Waals surface area (Å²) < 4.78 is 1.82. The number of hydrogen-bond acceptors (Lipinski definition) is 3. The summed E-state index contributed by atoms with van der Waals surface area (Å²) in [5.41, 5.74) is 3.31. The first-order chi connectivity index (χ1) is 14.2. The minimum Gasteiger partial charge on any atom is -0.349 e. The van der Waals surface area contributed by atoms with Gasteiger partial charge in [0.05, 0.1) is 16.9 Å². The topological polar surface area (TPSA) is 64.0 Å². The highest BCUT2D eigenvalue weighted by molar-refractivity contribution is 5.78. The Morgan fingerprint density at radius 3 is 2.72 bits per heavy atom. The van der Waals surface area contributed by atoms with Gasteiger partial charge in [-0.25, -0.2) is 4.98 Å². The fourth-order valence-corrected chi connectivity index (χ4v) is 4.47. The van der Waals surface area contributed by atoms with Gasteiger partial charge in [-0.2, -0.15) is 0 Å². The van der Waals surface area contributed by atoms with Crippen LogP contribution in [-0.4, -0.2) is 15.5 Å². The Balaban J connectivity index is 1.34. The van der Waals surface area contributed by atoms with Crippen LogP contribution in [0.4, 0.5) is 0 Å². The molecule has 1 N–H and O–H groups in total. The molecule has 1 saturated carbocycles. The van der Waals surface area contributed by atoms with E-state index in [0.29, 0.717) is 23.7 Å². The van der Waals surface area contributed by atoms with E-state index in [2.05, 4.69) is 23.5 Å². The number of nitrogens with zero attached hydrogens (tertiary/aromatic N) is 2. The van der Waals surface area contributed by atoms with Crippen molar-refractivity contribution in [2.45, 2.75) is 57.0 Å². The van der Waals surface area contributed by atoms with E-state index in [1.807, 2.05) is 34.9 Å². The van der Waals surface area contributed by atoms with Crippen LogP contribution in [0.3, 0.4) is 0 Å². The number of fused-ring (bicyclic) bond motifs is 2. The molecule has 0 radical (unpaired) electrons. The van der Waals surface area contributed by atoms with Gasteiger partial charge in [0.25, 0.3) is 5.56 Å². The van der Waals surface area contributed by atoms with E-state index >= 15 is 0 Å². The van der Waals surface area contributed by atoms with Gasteiger partial charge in [-0.3, -0.25) is 14.2 Å². The molecule has 1 aromatic heterocycles. The monoisotopic (exact) mass is 387 g/mol. The highest BCUT2D eigenvalue weighted by Gasteiger charge is 2.28. The van der Waals surface area contributed by atoms with Crippen molar-refractivity contribution in [3.8, 4) is 0 Å². The predicted octanol–water partition coefficient (Wildman–Crippen LogP) is 3.86. The zero-order valence-corrected chi connectivity index (χ0v) is 16.4. The second-order valence-corrected chi connectivity index (χ2v) is 8.16. The Morgan fingerprint density at radius 2 is 1.86 bits per heavy atom. The summed E-state index contributed by atoms with van der Waals surface area (Å²) in [6.07, 6.45) is 6.00. The summed E-state index contributed by atoms with van der Waals surface area (Å²) in [4.78, 5) is 30.4. The van der Waals surface area contributed by atoms with Gasteiger partial charge >= 0.3 is 0 Å². The Hall–Kier alpha value is -2.95. The third kappa shape index (κ3) is 3.57. The van der Waals surface area contributed by atoms with Crippen LogP contribution in [0, 0.1) is 0 Å². The second-order valence-electron chi connectivity index (χ2n) is 8.16. The quantitative estimate of drug-likeness (QED) is 0.723. The number of aromatic nitrogens is 2. The molecule has 0 spiro atoms. The van der Waals surface area contributed by atoms with E-state index in [9.17, 15) is 9.59 Å². The van der Waals surface area contributed by atoms with Gasteiger partial charge in [0.2, 0.25) is 5.91 Å². The lowest BCUT2D eigenvalue weighted by molar-refractivity contribution is -0.121. The number of hydrogen-bond donors (Lipinski definition) is 1. The van der Waals surface area contributed by atoms with Crippen molar-refractivity contribution in [3.05, 3.63) is 75.8 Å².